The van der Waals surface area contributed by atoms with E-state index in [4.69, 9.17) is 0 Å². The Morgan fingerprint density at radius 1 is 1.11 bits per heavy atom. The first-order chi connectivity index (χ1) is 8.41. The number of hydrogen-bond acceptors (Lipinski definition) is 4. The Labute approximate surface area is 116 Å². The summed E-state index contributed by atoms with van der Waals surface area (Å²) in [4.78, 5) is 37.9. The lowest BCUT2D eigenvalue weighted by Gasteiger charge is -2.28. The summed E-state index contributed by atoms with van der Waals surface area (Å²) in [5.74, 6) is -1.15. The highest BCUT2D eigenvalue weighted by Crippen LogP contribution is 2.26. The average Bonchev–Trinajstić information content (AvgIpc) is 2.75. The van der Waals surface area contributed by atoms with E-state index in [9.17, 15) is 14.4 Å². The van der Waals surface area contributed by atoms with Gasteiger partial charge in [0.25, 0.3) is 11.8 Å². The molecule has 0 atom stereocenters. The minimum atomic E-state index is -0.616. The number of nitrogens with zero attached hydrogens (tertiary/aromatic N) is 2. The van der Waals surface area contributed by atoms with Crippen LogP contribution >= 0.6 is 27.3 Å². The number of imide groups is 2. The zero-order valence-electron chi connectivity index (χ0n) is 9.64. The van der Waals surface area contributed by atoms with Gasteiger partial charge in [0.2, 0.25) is 0 Å². The molecule has 1 aliphatic rings. The van der Waals surface area contributed by atoms with Crippen molar-refractivity contribution in [2.45, 2.75) is 0 Å². The molecule has 1 saturated heterocycles. The Bertz CT molecular complexity index is 553. The Morgan fingerprint density at radius 2 is 1.67 bits per heavy atom. The van der Waals surface area contributed by atoms with Crippen LogP contribution in [0.4, 0.5) is 4.79 Å². The molecule has 4 amide bonds. The number of halogens is 1. The fourth-order valence-electron chi connectivity index (χ4n) is 1.52. The van der Waals surface area contributed by atoms with Crippen LogP contribution in [0.25, 0.3) is 6.08 Å². The van der Waals surface area contributed by atoms with Gasteiger partial charge < -0.3 is 0 Å². The highest BCUT2D eigenvalue weighted by atomic mass is 79.9. The monoisotopic (exact) mass is 328 g/mol. The minimum absolute atomic E-state index is 0.00560. The van der Waals surface area contributed by atoms with E-state index < -0.39 is 17.8 Å². The molecule has 0 aromatic carbocycles. The molecule has 1 aromatic rings. The second kappa shape index (κ2) is 4.66. The fraction of sp³-hybridized carbons (Fsp3) is 0.182. The summed E-state index contributed by atoms with van der Waals surface area (Å²) in [7, 11) is 2.71. The van der Waals surface area contributed by atoms with Crippen LogP contribution in [0.1, 0.15) is 4.88 Å². The highest BCUT2D eigenvalue weighted by molar-refractivity contribution is 9.11. The summed E-state index contributed by atoms with van der Waals surface area (Å²) in [6.07, 6.45) is 1.50. The Morgan fingerprint density at radius 3 is 2.11 bits per heavy atom. The van der Waals surface area contributed by atoms with Crippen LogP contribution in [0.5, 0.6) is 0 Å². The molecule has 2 rings (SSSR count). The van der Waals surface area contributed by atoms with Gasteiger partial charge >= 0.3 is 6.03 Å². The van der Waals surface area contributed by atoms with Gasteiger partial charge in [-0.15, -0.1) is 11.3 Å². The van der Waals surface area contributed by atoms with Crippen LogP contribution in [0.2, 0.25) is 0 Å². The molecule has 2 heterocycles. The van der Waals surface area contributed by atoms with Crippen molar-refractivity contribution in [2.24, 2.45) is 0 Å². The molecule has 1 aromatic heterocycles. The van der Waals surface area contributed by atoms with Crippen LogP contribution in [-0.4, -0.2) is 41.7 Å². The Balaban J connectivity index is 2.43. The SMILES string of the molecule is CN1C(=O)C(=Cc2ccc(Br)s2)C(=O)N(C)C1=O. The van der Waals surface area contributed by atoms with Crippen molar-refractivity contribution in [1.82, 2.24) is 9.80 Å². The number of carbonyl (C=O) groups excluding carboxylic acids is 3. The summed E-state index contributed by atoms with van der Waals surface area (Å²) in [6, 6.07) is 3.00. The van der Waals surface area contributed by atoms with E-state index in [1.165, 1.54) is 31.5 Å². The maximum absolute atomic E-state index is 11.9. The number of thiophene rings is 1. The lowest BCUT2D eigenvalue weighted by Crippen LogP contribution is -2.52. The average molecular weight is 329 g/mol. The second-order valence-corrected chi connectivity index (χ2v) is 6.21. The summed E-state index contributed by atoms with van der Waals surface area (Å²) >= 11 is 4.71. The van der Waals surface area contributed by atoms with Crippen LogP contribution < -0.4 is 0 Å². The number of urea groups is 1. The van der Waals surface area contributed by atoms with Gasteiger partial charge in [-0.2, -0.15) is 0 Å². The molecule has 0 radical (unpaired) electrons. The van der Waals surface area contributed by atoms with Gasteiger partial charge in [-0.3, -0.25) is 19.4 Å². The number of carbonyl (C=O) groups is 3. The van der Waals surface area contributed by atoms with Crippen LogP contribution in [0.15, 0.2) is 21.5 Å². The molecular formula is C11H9BrN2O3S. The lowest BCUT2D eigenvalue weighted by molar-refractivity contribution is -0.134. The lowest BCUT2D eigenvalue weighted by atomic mass is 10.1. The third-order valence-electron chi connectivity index (χ3n) is 2.52. The number of likely N-dealkylation sites (N-methyl/N-ethyl adjacent to an activating group) is 2. The third kappa shape index (κ3) is 2.11. The normalized spacial score (nSPS) is 16.6. The molecule has 0 spiro atoms. The van der Waals surface area contributed by atoms with Crippen molar-refractivity contribution in [3.8, 4) is 0 Å². The van der Waals surface area contributed by atoms with E-state index in [0.29, 0.717) is 0 Å². The molecule has 1 aliphatic heterocycles. The second-order valence-electron chi connectivity index (χ2n) is 3.71. The van der Waals surface area contributed by atoms with Crippen molar-refractivity contribution < 1.29 is 14.4 Å². The van der Waals surface area contributed by atoms with Gasteiger partial charge in [0.05, 0.1) is 3.79 Å². The summed E-state index contributed by atoms with van der Waals surface area (Å²) in [6.45, 7) is 0. The molecule has 0 N–H and O–H groups in total. The Hall–Kier alpha value is -1.47. The third-order valence-corrected chi connectivity index (χ3v) is 4.10. The first kappa shape index (κ1) is 13.0. The first-order valence-electron chi connectivity index (χ1n) is 4.99. The number of barbiturate groups is 1. The molecule has 0 unspecified atom stereocenters. The van der Waals surface area contributed by atoms with Gasteiger partial charge in [0.1, 0.15) is 5.57 Å². The van der Waals surface area contributed by atoms with Gasteiger partial charge in [-0.25, -0.2) is 4.79 Å². The van der Waals surface area contributed by atoms with Crippen molar-refractivity contribution >= 4 is 51.2 Å². The van der Waals surface area contributed by atoms with Crippen molar-refractivity contribution in [3.05, 3.63) is 26.4 Å². The van der Waals surface area contributed by atoms with E-state index in [1.807, 2.05) is 6.07 Å². The molecule has 5 nitrogen and oxygen atoms in total. The molecular weight excluding hydrogens is 320 g/mol. The summed E-state index contributed by atoms with van der Waals surface area (Å²) in [5, 5.41) is 0. The Kier molecular flexibility index (Phi) is 3.36. The molecule has 1 fully saturated rings. The molecule has 0 aliphatic carbocycles. The van der Waals surface area contributed by atoms with Gasteiger partial charge in [-0.1, -0.05) is 0 Å². The van der Waals surface area contributed by atoms with E-state index in [0.717, 1.165) is 18.5 Å². The number of rotatable bonds is 1. The van der Waals surface area contributed by atoms with Crippen molar-refractivity contribution in [3.63, 3.8) is 0 Å². The van der Waals surface area contributed by atoms with Crippen molar-refractivity contribution in [1.29, 1.82) is 0 Å². The predicted molar refractivity (Wildman–Crippen MR) is 70.9 cm³/mol. The molecule has 18 heavy (non-hydrogen) atoms. The van der Waals surface area contributed by atoms with E-state index in [2.05, 4.69) is 15.9 Å². The van der Waals surface area contributed by atoms with Crippen LogP contribution in [-0.2, 0) is 9.59 Å². The fourth-order valence-corrected chi connectivity index (χ4v) is 2.89. The summed E-state index contributed by atoms with van der Waals surface area (Å²) < 4.78 is 0.905. The number of amides is 4. The molecule has 0 bridgehead atoms. The highest BCUT2D eigenvalue weighted by Gasteiger charge is 2.37. The standard InChI is InChI=1S/C11H9BrN2O3S/c1-13-9(15)7(10(16)14(2)11(13)17)5-6-3-4-8(12)18-6/h3-5H,1-2H3. The van der Waals surface area contributed by atoms with E-state index in [1.54, 1.807) is 6.07 Å². The molecule has 7 heteroatoms. The van der Waals surface area contributed by atoms with Crippen LogP contribution in [0.3, 0.4) is 0 Å². The summed E-state index contributed by atoms with van der Waals surface area (Å²) in [5.41, 5.74) is -0.00560. The van der Waals surface area contributed by atoms with Gasteiger partial charge in [0.15, 0.2) is 0 Å². The van der Waals surface area contributed by atoms with Gasteiger partial charge in [0, 0.05) is 19.0 Å². The zero-order chi connectivity index (χ0) is 13.4. The van der Waals surface area contributed by atoms with E-state index >= 15 is 0 Å². The minimum Gasteiger partial charge on any atom is -0.268 e. The quantitative estimate of drug-likeness (QED) is 0.584. The topological polar surface area (TPSA) is 57.7 Å². The predicted octanol–water partition coefficient (Wildman–Crippen LogP) is 1.94. The van der Waals surface area contributed by atoms with Crippen molar-refractivity contribution in [2.75, 3.05) is 14.1 Å². The maximum atomic E-state index is 11.9. The largest absolute Gasteiger partial charge is 0.333 e. The van der Waals surface area contributed by atoms with Crippen LogP contribution in [0, 0.1) is 0 Å². The first-order valence-corrected chi connectivity index (χ1v) is 6.60. The zero-order valence-corrected chi connectivity index (χ0v) is 12.0. The number of hydrogen-bond donors (Lipinski definition) is 0. The smallest absolute Gasteiger partial charge is 0.268 e. The van der Waals surface area contributed by atoms with E-state index in [-0.39, 0.29) is 5.57 Å². The molecule has 0 saturated carbocycles. The maximum Gasteiger partial charge on any atom is 0.333 e. The molecule has 94 valence electrons. The van der Waals surface area contributed by atoms with Gasteiger partial charge in [-0.05, 0) is 34.1 Å².